The largest absolute Gasteiger partial charge is 0.394 e. The zero-order chi connectivity index (χ0) is 17.1. The molecule has 0 saturated heterocycles. The molecule has 1 atom stereocenters. The summed E-state index contributed by atoms with van der Waals surface area (Å²) in [5, 5.41) is 24.1. The minimum atomic E-state index is -0.131. The van der Waals surface area contributed by atoms with Gasteiger partial charge in [-0.1, -0.05) is 37.3 Å². The maximum absolute atomic E-state index is 9.53. The molecular weight excluding hydrogens is 306 g/mol. The van der Waals surface area contributed by atoms with E-state index in [1.807, 2.05) is 44.2 Å². The summed E-state index contributed by atoms with van der Waals surface area (Å²) >= 11 is 0. The number of aliphatic hydroxyl groups is 1. The number of aromatic nitrogens is 5. The van der Waals surface area contributed by atoms with Crippen molar-refractivity contribution in [2.45, 2.75) is 19.9 Å². The molecule has 3 N–H and O–H groups in total. The van der Waals surface area contributed by atoms with Crippen molar-refractivity contribution in [1.82, 2.24) is 25.0 Å². The van der Waals surface area contributed by atoms with E-state index in [1.165, 1.54) is 0 Å². The standard InChI is InChI=1S/C16H21N7O/c1-10(2)12(9-24)18-16-19-14(17-11-7-5-4-6-8-11)13-15(20-16)23(3)22-21-13/h4-8,10,12,24H,9H2,1-3H3,(H2,17,18,19,20)/t12-/m0/s1. The average molecular weight is 327 g/mol. The van der Waals surface area contributed by atoms with E-state index in [-0.39, 0.29) is 18.6 Å². The summed E-state index contributed by atoms with van der Waals surface area (Å²) in [6, 6.07) is 9.59. The van der Waals surface area contributed by atoms with Gasteiger partial charge >= 0.3 is 0 Å². The third-order valence-corrected chi connectivity index (χ3v) is 3.80. The van der Waals surface area contributed by atoms with Crippen LogP contribution in [-0.4, -0.2) is 42.7 Å². The molecule has 3 aromatic rings. The fourth-order valence-corrected chi connectivity index (χ4v) is 2.31. The number of fused-ring (bicyclic) bond motifs is 1. The molecule has 3 rings (SSSR count). The van der Waals surface area contributed by atoms with Gasteiger partial charge in [0.25, 0.3) is 0 Å². The second-order valence-corrected chi connectivity index (χ2v) is 5.95. The highest BCUT2D eigenvalue weighted by atomic mass is 16.3. The number of para-hydroxylation sites is 1. The smallest absolute Gasteiger partial charge is 0.227 e. The van der Waals surface area contributed by atoms with Gasteiger partial charge in [-0.3, -0.25) is 0 Å². The number of aliphatic hydroxyl groups excluding tert-OH is 1. The van der Waals surface area contributed by atoms with E-state index in [2.05, 4.69) is 30.9 Å². The quantitative estimate of drug-likeness (QED) is 0.636. The van der Waals surface area contributed by atoms with Gasteiger partial charge in [-0.15, -0.1) is 5.10 Å². The molecule has 126 valence electrons. The van der Waals surface area contributed by atoms with Crippen molar-refractivity contribution in [2.24, 2.45) is 13.0 Å². The lowest BCUT2D eigenvalue weighted by molar-refractivity contribution is 0.248. The predicted molar refractivity (Wildman–Crippen MR) is 93.2 cm³/mol. The highest BCUT2D eigenvalue weighted by Crippen LogP contribution is 2.23. The minimum Gasteiger partial charge on any atom is -0.394 e. The van der Waals surface area contributed by atoms with Crippen molar-refractivity contribution < 1.29 is 5.11 Å². The van der Waals surface area contributed by atoms with E-state index in [0.29, 0.717) is 22.9 Å². The average Bonchev–Trinajstić information content (AvgIpc) is 2.95. The fourth-order valence-electron chi connectivity index (χ4n) is 2.31. The Labute approximate surface area is 139 Å². The molecule has 0 saturated carbocycles. The molecule has 2 heterocycles. The maximum atomic E-state index is 9.53. The van der Waals surface area contributed by atoms with Crippen molar-refractivity contribution >= 4 is 28.6 Å². The topological polar surface area (TPSA) is 101 Å². The summed E-state index contributed by atoms with van der Waals surface area (Å²) in [7, 11) is 1.78. The molecule has 24 heavy (non-hydrogen) atoms. The Morgan fingerprint density at radius 3 is 2.58 bits per heavy atom. The Kier molecular flexibility index (Phi) is 4.57. The zero-order valence-electron chi connectivity index (χ0n) is 13.9. The van der Waals surface area contributed by atoms with Crippen LogP contribution in [-0.2, 0) is 7.05 Å². The number of nitrogens with zero attached hydrogens (tertiary/aromatic N) is 5. The highest BCUT2D eigenvalue weighted by molar-refractivity contribution is 5.85. The van der Waals surface area contributed by atoms with Crippen molar-refractivity contribution in [3.63, 3.8) is 0 Å². The highest BCUT2D eigenvalue weighted by Gasteiger charge is 2.17. The lowest BCUT2D eigenvalue weighted by Gasteiger charge is -2.20. The first-order chi connectivity index (χ1) is 11.6. The van der Waals surface area contributed by atoms with Crippen molar-refractivity contribution in [1.29, 1.82) is 0 Å². The van der Waals surface area contributed by atoms with E-state index < -0.39 is 0 Å². The summed E-state index contributed by atoms with van der Waals surface area (Å²) in [6.07, 6.45) is 0. The van der Waals surface area contributed by atoms with E-state index in [9.17, 15) is 5.11 Å². The molecule has 0 aliphatic heterocycles. The van der Waals surface area contributed by atoms with Gasteiger partial charge in [-0.05, 0) is 18.1 Å². The minimum absolute atomic E-state index is 0.00411. The van der Waals surface area contributed by atoms with Gasteiger partial charge in [-0.2, -0.15) is 9.97 Å². The first-order valence-corrected chi connectivity index (χ1v) is 7.85. The van der Waals surface area contributed by atoms with E-state index in [1.54, 1.807) is 11.7 Å². The van der Waals surface area contributed by atoms with Gasteiger partial charge in [0, 0.05) is 12.7 Å². The molecule has 0 spiro atoms. The Balaban J connectivity index is 2.00. The van der Waals surface area contributed by atoms with Crippen LogP contribution in [0.5, 0.6) is 0 Å². The second kappa shape index (κ2) is 6.79. The number of hydrogen-bond donors (Lipinski definition) is 3. The van der Waals surface area contributed by atoms with Gasteiger partial charge < -0.3 is 15.7 Å². The van der Waals surface area contributed by atoms with Gasteiger partial charge in [0.1, 0.15) is 0 Å². The van der Waals surface area contributed by atoms with Crippen LogP contribution in [0, 0.1) is 5.92 Å². The Morgan fingerprint density at radius 1 is 1.17 bits per heavy atom. The third-order valence-electron chi connectivity index (χ3n) is 3.80. The molecule has 8 heteroatoms. The SMILES string of the molecule is CC(C)[C@H](CO)Nc1nc(Nc2ccccc2)c2nnn(C)c2n1. The van der Waals surface area contributed by atoms with E-state index in [0.717, 1.165) is 5.69 Å². The fraction of sp³-hybridized carbons (Fsp3) is 0.375. The number of rotatable bonds is 6. The van der Waals surface area contributed by atoms with Gasteiger partial charge in [0.2, 0.25) is 5.95 Å². The van der Waals surface area contributed by atoms with Gasteiger partial charge in [0.05, 0.1) is 12.6 Å². The van der Waals surface area contributed by atoms with Crippen LogP contribution in [0.25, 0.3) is 11.2 Å². The Morgan fingerprint density at radius 2 is 1.92 bits per heavy atom. The second-order valence-electron chi connectivity index (χ2n) is 5.95. The van der Waals surface area contributed by atoms with Crippen LogP contribution >= 0.6 is 0 Å². The monoisotopic (exact) mass is 327 g/mol. The zero-order valence-corrected chi connectivity index (χ0v) is 13.9. The molecule has 1 aromatic carbocycles. The Bertz CT molecular complexity index is 816. The lowest BCUT2D eigenvalue weighted by Crippen LogP contribution is -2.30. The molecule has 0 aliphatic carbocycles. The summed E-state index contributed by atoms with van der Waals surface area (Å²) in [4.78, 5) is 8.99. The van der Waals surface area contributed by atoms with Crippen LogP contribution < -0.4 is 10.6 Å². The van der Waals surface area contributed by atoms with Crippen LogP contribution in [0.4, 0.5) is 17.5 Å². The van der Waals surface area contributed by atoms with Crippen LogP contribution in [0.1, 0.15) is 13.8 Å². The van der Waals surface area contributed by atoms with Crippen LogP contribution in [0.3, 0.4) is 0 Å². The maximum Gasteiger partial charge on any atom is 0.227 e. The normalized spacial score (nSPS) is 12.5. The Hall–Kier alpha value is -2.74. The van der Waals surface area contributed by atoms with Crippen molar-refractivity contribution in [3.8, 4) is 0 Å². The first kappa shape index (κ1) is 16.1. The van der Waals surface area contributed by atoms with Crippen LogP contribution in [0.15, 0.2) is 30.3 Å². The lowest BCUT2D eigenvalue weighted by atomic mass is 10.1. The summed E-state index contributed by atoms with van der Waals surface area (Å²) < 4.78 is 1.60. The number of aryl methyl sites for hydroxylation is 1. The van der Waals surface area contributed by atoms with Crippen molar-refractivity contribution in [2.75, 3.05) is 17.2 Å². The molecular formula is C16H21N7O. The number of hydrogen-bond acceptors (Lipinski definition) is 7. The molecule has 0 fully saturated rings. The third kappa shape index (κ3) is 3.28. The summed E-state index contributed by atoms with van der Waals surface area (Å²) in [5.41, 5.74) is 2.11. The number of nitrogens with one attached hydrogen (secondary N) is 2. The van der Waals surface area contributed by atoms with E-state index in [4.69, 9.17) is 0 Å². The number of anilines is 3. The predicted octanol–water partition coefficient (Wildman–Crippen LogP) is 1.93. The van der Waals surface area contributed by atoms with Crippen molar-refractivity contribution in [3.05, 3.63) is 30.3 Å². The molecule has 0 bridgehead atoms. The number of benzene rings is 1. The first-order valence-electron chi connectivity index (χ1n) is 7.85. The van der Waals surface area contributed by atoms with Gasteiger partial charge in [-0.25, -0.2) is 4.68 Å². The molecule has 0 aliphatic rings. The molecule has 8 nitrogen and oxygen atoms in total. The van der Waals surface area contributed by atoms with Crippen LogP contribution in [0.2, 0.25) is 0 Å². The molecule has 0 unspecified atom stereocenters. The molecule has 0 amide bonds. The molecule has 0 radical (unpaired) electrons. The summed E-state index contributed by atoms with van der Waals surface area (Å²) in [5.74, 6) is 1.24. The van der Waals surface area contributed by atoms with Gasteiger partial charge in [0.15, 0.2) is 17.0 Å². The molecule has 2 aromatic heterocycles. The summed E-state index contributed by atoms with van der Waals surface area (Å²) in [6.45, 7) is 4.06. The van der Waals surface area contributed by atoms with E-state index >= 15 is 0 Å².